The molecule has 0 bridgehead atoms. The molecule has 0 aliphatic carbocycles. The first kappa shape index (κ1) is 10.9. The lowest BCUT2D eigenvalue weighted by Gasteiger charge is -2.02. The molecule has 2 aromatic rings. The van der Waals surface area contributed by atoms with Crippen molar-refractivity contribution in [2.24, 2.45) is 0 Å². The van der Waals surface area contributed by atoms with E-state index < -0.39 is 11.6 Å². The molecule has 0 radical (unpaired) electrons. The molecule has 0 atom stereocenters. The third kappa shape index (κ3) is 2.30. The summed E-state index contributed by atoms with van der Waals surface area (Å²) in [6, 6.07) is 7.86. The van der Waals surface area contributed by atoms with Crippen LogP contribution in [0, 0.1) is 0 Å². The second kappa shape index (κ2) is 4.49. The molecule has 4 nitrogen and oxygen atoms in total. The molecular formula is C11H7BrO4. The Labute approximate surface area is 99.0 Å². The van der Waals surface area contributed by atoms with Crippen LogP contribution in [0.3, 0.4) is 0 Å². The van der Waals surface area contributed by atoms with Crippen LogP contribution in [-0.2, 0) is 4.79 Å². The van der Waals surface area contributed by atoms with Crippen LogP contribution in [0.1, 0.15) is 0 Å². The minimum atomic E-state index is -0.434. The highest BCUT2D eigenvalue weighted by atomic mass is 79.9. The van der Waals surface area contributed by atoms with Gasteiger partial charge in [-0.25, -0.2) is 4.79 Å². The predicted octanol–water partition coefficient (Wildman–Crippen LogP) is 2.09. The lowest BCUT2D eigenvalue weighted by molar-refractivity contribution is -0.131. The molecule has 0 amide bonds. The van der Waals surface area contributed by atoms with Crippen molar-refractivity contribution < 1.29 is 13.9 Å². The van der Waals surface area contributed by atoms with Crippen molar-refractivity contribution >= 4 is 32.9 Å². The molecule has 1 aromatic carbocycles. The molecule has 82 valence electrons. The molecule has 0 saturated carbocycles. The highest BCUT2D eigenvalue weighted by molar-refractivity contribution is 9.09. The van der Waals surface area contributed by atoms with Crippen LogP contribution in [0.4, 0.5) is 0 Å². The molecule has 0 unspecified atom stereocenters. The molecule has 1 aromatic heterocycles. The standard InChI is InChI=1S/C11H7BrO4/c12-6-11(14)15-8-3-1-7-2-4-10(13)16-9(7)5-8/h1-5H,6H2. The van der Waals surface area contributed by atoms with Crippen molar-refractivity contribution in [1.29, 1.82) is 0 Å². The van der Waals surface area contributed by atoms with Crippen LogP contribution in [0.5, 0.6) is 5.75 Å². The molecule has 0 saturated heterocycles. The fourth-order valence-electron chi connectivity index (χ4n) is 1.26. The lowest BCUT2D eigenvalue weighted by Crippen LogP contribution is -2.08. The largest absolute Gasteiger partial charge is 0.426 e. The Morgan fingerprint density at radius 1 is 1.31 bits per heavy atom. The van der Waals surface area contributed by atoms with E-state index in [1.807, 2.05) is 0 Å². The third-order valence-electron chi connectivity index (χ3n) is 1.94. The maximum absolute atomic E-state index is 11.0. The summed E-state index contributed by atoms with van der Waals surface area (Å²) in [5.41, 5.74) is -0.0381. The Kier molecular flexibility index (Phi) is 3.05. The quantitative estimate of drug-likeness (QED) is 0.366. The molecule has 0 N–H and O–H groups in total. The normalized spacial score (nSPS) is 10.3. The Hall–Kier alpha value is -1.62. The van der Waals surface area contributed by atoms with Crippen LogP contribution >= 0.6 is 15.9 Å². The summed E-state index contributed by atoms with van der Waals surface area (Å²) in [4.78, 5) is 22.0. The predicted molar refractivity (Wildman–Crippen MR) is 61.9 cm³/mol. The van der Waals surface area contributed by atoms with Crippen LogP contribution in [0.25, 0.3) is 11.0 Å². The average Bonchev–Trinajstić information content (AvgIpc) is 2.28. The van der Waals surface area contributed by atoms with Gasteiger partial charge in [0.25, 0.3) is 0 Å². The number of fused-ring (bicyclic) bond motifs is 1. The maximum Gasteiger partial charge on any atom is 0.336 e. The number of carbonyl (C=O) groups excluding carboxylic acids is 1. The monoisotopic (exact) mass is 282 g/mol. The smallest absolute Gasteiger partial charge is 0.336 e. The lowest BCUT2D eigenvalue weighted by atomic mass is 10.2. The summed E-state index contributed by atoms with van der Waals surface area (Å²) >= 11 is 2.99. The number of alkyl halides is 1. The van der Waals surface area contributed by atoms with Crippen LogP contribution in [-0.4, -0.2) is 11.3 Å². The van der Waals surface area contributed by atoms with Crippen LogP contribution < -0.4 is 10.4 Å². The first-order valence-electron chi connectivity index (χ1n) is 4.49. The molecular weight excluding hydrogens is 276 g/mol. The van der Waals surface area contributed by atoms with E-state index in [0.717, 1.165) is 5.39 Å². The van der Waals surface area contributed by atoms with Gasteiger partial charge in [0, 0.05) is 17.5 Å². The first-order valence-corrected chi connectivity index (χ1v) is 5.62. The zero-order chi connectivity index (χ0) is 11.5. The number of esters is 1. The topological polar surface area (TPSA) is 56.5 Å². The molecule has 2 rings (SSSR count). The minimum absolute atomic E-state index is 0.115. The average molecular weight is 283 g/mol. The van der Waals surface area contributed by atoms with Crippen molar-refractivity contribution in [2.45, 2.75) is 0 Å². The number of halogens is 1. The van der Waals surface area contributed by atoms with Gasteiger partial charge in [0.2, 0.25) is 0 Å². The number of hydrogen-bond acceptors (Lipinski definition) is 4. The van der Waals surface area contributed by atoms with Gasteiger partial charge in [-0.05, 0) is 18.2 Å². The first-order chi connectivity index (χ1) is 7.69. The molecule has 1 heterocycles. The van der Waals surface area contributed by atoms with Crippen molar-refractivity contribution in [1.82, 2.24) is 0 Å². The second-order valence-electron chi connectivity index (χ2n) is 3.06. The van der Waals surface area contributed by atoms with E-state index in [1.54, 1.807) is 18.2 Å². The van der Waals surface area contributed by atoms with E-state index in [2.05, 4.69) is 15.9 Å². The summed E-state index contributed by atoms with van der Waals surface area (Å²) in [7, 11) is 0. The molecule has 5 heteroatoms. The minimum Gasteiger partial charge on any atom is -0.426 e. The summed E-state index contributed by atoms with van der Waals surface area (Å²) in [6.07, 6.45) is 0. The van der Waals surface area contributed by atoms with Gasteiger partial charge < -0.3 is 9.15 Å². The number of carbonyl (C=O) groups is 1. The highest BCUT2D eigenvalue weighted by Gasteiger charge is 2.04. The molecule has 16 heavy (non-hydrogen) atoms. The zero-order valence-corrected chi connectivity index (χ0v) is 9.69. The fourth-order valence-corrected chi connectivity index (χ4v) is 1.38. The van der Waals surface area contributed by atoms with Crippen molar-refractivity contribution in [3.8, 4) is 5.75 Å². The number of hydrogen-bond donors (Lipinski definition) is 0. The molecule has 0 fully saturated rings. The summed E-state index contributed by atoms with van der Waals surface area (Å²) < 4.78 is 9.92. The Bertz CT molecular complexity index is 588. The molecule has 0 spiro atoms. The van der Waals surface area contributed by atoms with Gasteiger partial charge >= 0.3 is 11.6 Å². The zero-order valence-electron chi connectivity index (χ0n) is 8.10. The maximum atomic E-state index is 11.0. The van der Waals surface area contributed by atoms with Crippen molar-refractivity contribution in [3.05, 3.63) is 40.8 Å². The van der Waals surface area contributed by atoms with Gasteiger partial charge in [-0.3, -0.25) is 4.79 Å². The van der Waals surface area contributed by atoms with E-state index in [0.29, 0.717) is 11.3 Å². The number of ether oxygens (including phenoxy) is 1. The van der Waals surface area contributed by atoms with Gasteiger partial charge in [-0.1, -0.05) is 15.9 Å². The summed E-state index contributed by atoms with van der Waals surface area (Å²) in [5.74, 6) is -0.0519. The molecule has 0 aliphatic rings. The van der Waals surface area contributed by atoms with Gasteiger partial charge in [-0.2, -0.15) is 0 Å². The Balaban J connectivity index is 2.42. The highest BCUT2D eigenvalue weighted by Crippen LogP contribution is 2.19. The van der Waals surface area contributed by atoms with Gasteiger partial charge in [-0.15, -0.1) is 0 Å². The Morgan fingerprint density at radius 2 is 2.06 bits per heavy atom. The Morgan fingerprint density at radius 3 is 2.81 bits per heavy atom. The van der Waals surface area contributed by atoms with Crippen molar-refractivity contribution in [3.63, 3.8) is 0 Å². The van der Waals surface area contributed by atoms with Gasteiger partial charge in [0.05, 0.1) is 0 Å². The van der Waals surface area contributed by atoms with Gasteiger partial charge in [0.15, 0.2) is 0 Å². The second-order valence-corrected chi connectivity index (χ2v) is 3.62. The van der Waals surface area contributed by atoms with Crippen LogP contribution in [0.2, 0.25) is 0 Å². The van der Waals surface area contributed by atoms with E-state index in [1.165, 1.54) is 12.1 Å². The summed E-state index contributed by atoms with van der Waals surface area (Å²) in [5, 5.41) is 0.891. The SMILES string of the molecule is O=C(CBr)Oc1ccc2ccc(=O)oc2c1. The fraction of sp³-hybridized carbons (Fsp3) is 0.0909. The van der Waals surface area contributed by atoms with E-state index in [9.17, 15) is 9.59 Å². The van der Waals surface area contributed by atoms with E-state index >= 15 is 0 Å². The third-order valence-corrected chi connectivity index (χ3v) is 2.39. The van der Waals surface area contributed by atoms with Gasteiger partial charge in [0.1, 0.15) is 16.7 Å². The van der Waals surface area contributed by atoms with Crippen LogP contribution in [0.15, 0.2) is 39.5 Å². The van der Waals surface area contributed by atoms with E-state index in [4.69, 9.17) is 9.15 Å². The summed E-state index contributed by atoms with van der Waals surface area (Å²) in [6.45, 7) is 0. The number of benzene rings is 1. The molecule has 0 aliphatic heterocycles. The van der Waals surface area contributed by atoms with E-state index in [-0.39, 0.29) is 5.33 Å². The van der Waals surface area contributed by atoms with Crippen molar-refractivity contribution in [2.75, 3.05) is 5.33 Å². The number of rotatable bonds is 2.